The average molecular weight is 260 g/mol. The van der Waals surface area contributed by atoms with Gasteiger partial charge >= 0.3 is 0 Å². The van der Waals surface area contributed by atoms with Crippen molar-refractivity contribution in [2.45, 2.75) is 39.7 Å². The molecule has 2 aromatic rings. The third-order valence-electron chi connectivity index (χ3n) is 2.84. The summed E-state index contributed by atoms with van der Waals surface area (Å²) >= 11 is 0. The first-order valence-electron chi connectivity index (χ1n) is 6.61. The van der Waals surface area contributed by atoms with E-state index in [1.54, 1.807) is 12.7 Å². The summed E-state index contributed by atoms with van der Waals surface area (Å²) in [5.41, 5.74) is 0.995. The smallest absolute Gasteiger partial charge is 0.137 e. The third-order valence-corrected chi connectivity index (χ3v) is 2.84. The van der Waals surface area contributed by atoms with Gasteiger partial charge in [0.2, 0.25) is 0 Å². The summed E-state index contributed by atoms with van der Waals surface area (Å²) in [6, 6.07) is 2.19. The number of anilines is 1. The highest BCUT2D eigenvalue weighted by Gasteiger charge is 2.06. The first kappa shape index (κ1) is 13.5. The first-order chi connectivity index (χ1) is 9.19. The lowest BCUT2D eigenvalue weighted by molar-refractivity contribution is 0.510. The molecule has 0 bridgehead atoms. The zero-order valence-corrected chi connectivity index (χ0v) is 11.7. The Morgan fingerprint density at radius 3 is 2.89 bits per heavy atom. The van der Waals surface area contributed by atoms with E-state index in [1.807, 2.05) is 17.7 Å². The third kappa shape index (κ3) is 3.74. The van der Waals surface area contributed by atoms with Crippen LogP contribution in [0.4, 0.5) is 5.82 Å². The topological polar surface area (TPSA) is 68.5 Å². The standard InChI is InChI=1S/C13H20N6/c1-4-5-12-17-10(2)6-13(18-12)15-7-11(3)19-9-14-8-16-19/h6,8-9,11H,4-5,7H2,1-3H3,(H,15,17,18). The molecule has 0 fully saturated rings. The van der Waals surface area contributed by atoms with Gasteiger partial charge in [-0.1, -0.05) is 6.92 Å². The minimum atomic E-state index is 0.229. The van der Waals surface area contributed by atoms with Crippen LogP contribution >= 0.6 is 0 Å². The Labute approximate surface area is 113 Å². The van der Waals surface area contributed by atoms with Crippen LogP contribution in [0, 0.1) is 6.92 Å². The summed E-state index contributed by atoms with van der Waals surface area (Å²) < 4.78 is 1.83. The van der Waals surface area contributed by atoms with Crippen LogP contribution in [0.2, 0.25) is 0 Å². The summed E-state index contributed by atoms with van der Waals surface area (Å²) in [7, 11) is 0. The summed E-state index contributed by atoms with van der Waals surface area (Å²) in [5.74, 6) is 1.78. The Bertz CT molecular complexity index is 508. The quantitative estimate of drug-likeness (QED) is 0.860. The number of hydrogen-bond acceptors (Lipinski definition) is 5. The molecule has 0 aliphatic rings. The van der Waals surface area contributed by atoms with Crippen LogP contribution < -0.4 is 5.32 Å². The lowest BCUT2D eigenvalue weighted by Crippen LogP contribution is -2.17. The molecule has 2 aromatic heterocycles. The number of hydrogen-bond donors (Lipinski definition) is 1. The van der Waals surface area contributed by atoms with Crippen molar-refractivity contribution >= 4 is 5.82 Å². The molecular weight excluding hydrogens is 240 g/mol. The average Bonchev–Trinajstić information content (AvgIpc) is 2.89. The molecular formula is C13H20N6. The Morgan fingerprint density at radius 2 is 2.21 bits per heavy atom. The van der Waals surface area contributed by atoms with E-state index >= 15 is 0 Å². The van der Waals surface area contributed by atoms with Crippen LogP contribution in [0.25, 0.3) is 0 Å². The number of rotatable bonds is 6. The molecule has 2 heterocycles. The number of aromatic nitrogens is 5. The van der Waals surface area contributed by atoms with E-state index in [0.29, 0.717) is 0 Å². The SMILES string of the molecule is CCCc1nc(C)cc(NCC(C)n2cncn2)n1. The van der Waals surface area contributed by atoms with Crippen molar-refractivity contribution in [1.29, 1.82) is 0 Å². The molecule has 1 atom stereocenters. The summed E-state index contributed by atoms with van der Waals surface area (Å²) in [6.07, 6.45) is 5.23. The number of nitrogens with one attached hydrogen (secondary N) is 1. The molecule has 0 spiro atoms. The molecule has 1 N–H and O–H groups in total. The van der Waals surface area contributed by atoms with Gasteiger partial charge in [-0.3, -0.25) is 0 Å². The van der Waals surface area contributed by atoms with Crippen LogP contribution in [0.1, 0.15) is 37.8 Å². The van der Waals surface area contributed by atoms with Crippen LogP contribution in [0.15, 0.2) is 18.7 Å². The molecule has 2 rings (SSSR count). The Kier molecular flexibility index (Phi) is 4.43. The van der Waals surface area contributed by atoms with E-state index in [0.717, 1.165) is 36.7 Å². The summed E-state index contributed by atoms with van der Waals surface area (Å²) in [5, 5.41) is 7.46. The lowest BCUT2D eigenvalue weighted by atomic mass is 10.3. The predicted molar refractivity (Wildman–Crippen MR) is 74.0 cm³/mol. The van der Waals surface area contributed by atoms with Gasteiger partial charge in [-0.25, -0.2) is 19.6 Å². The van der Waals surface area contributed by atoms with Gasteiger partial charge in [0.05, 0.1) is 6.04 Å². The number of nitrogens with zero attached hydrogens (tertiary/aromatic N) is 5. The van der Waals surface area contributed by atoms with Crippen molar-refractivity contribution in [3.63, 3.8) is 0 Å². The second-order valence-electron chi connectivity index (χ2n) is 4.67. The molecule has 0 amide bonds. The Hall–Kier alpha value is -1.98. The maximum Gasteiger partial charge on any atom is 0.137 e. The maximum atomic E-state index is 4.51. The van der Waals surface area contributed by atoms with Gasteiger partial charge in [-0.05, 0) is 20.3 Å². The molecule has 0 aromatic carbocycles. The molecule has 0 radical (unpaired) electrons. The van der Waals surface area contributed by atoms with Crippen LogP contribution in [-0.2, 0) is 6.42 Å². The van der Waals surface area contributed by atoms with Gasteiger partial charge in [0.25, 0.3) is 0 Å². The van der Waals surface area contributed by atoms with E-state index in [4.69, 9.17) is 0 Å². The van der Waals surface area contributed by atoms with Crippen molar-refractivity contribution in [1.82, 2.24) is 24.7 Å². The fourth-order valence-corrected chi connectivity index (χ4v) is 1.85. The molecule has 0 aliphatic heterocycles. The van der Waals surface area contributed by atoms with Gasteiger partial charge < -0.3 is 5.32 Å². The predicted octanol–water partition coefficient (Wildman–Crippen LogP) is 2.00. The van der Waals surface area contributed by atoms with Crippen LogP contribution in [0.3, 0.4) is 0 Å². The number of aryl methyl sites for hydroxylation is 2. The van der Waals surface area contributed by atoms with Gasteiger partial charge in [-0.15, -0.1) is 0 Å². The molecule has 6 nitrogen and oxygen atoms in total. The highest BCUT2D eigenvalue weighted by Crippen LogP contribution is 2.10. The van der Waals surface area contributed by atoms with Gasteiger partial charge in [0, 0.05) is 24.7 Å². The highest BCUT2D eigenvalue weighted by atomic mass is 15.3. The normalized spacial score (nSPS) is 12.4. The molecule has 0 saturated carbocycles. The molecule has 1 unspecified atom stereocenters. The van der Waals surface area contributed by atoms with Crippen molar-refractivity contribution in [3.8, 4) is 0 Å². The van der Waals surface area contributed by atoms with E-state index in [1.165, 1.54) is 0 Å². The van der Waals surface area contributed by atoms with Crippen molar-refractivity contribution in [2.75, 3.05) is 11.9 Å². The van der Waals surface area contributed by atoms with Gasteiger partial charge in [0.15, 0.2) is 0 Å². The minimum Gasteiger partial charge on any atom is -0.368 e. The molecule has 0 aliphatic carbocycles. The molecule has 6 heteroatoms. The molecule has 0 saturated heterocycles. The zero-order valence-electron chi connectivity index (χ0n) is 11.7. The first-order valence-corrected chi connectivity index (χ1v) is 6.61. The monoisotopic (exact) mass is 260 g/mol. The summed E-state index contributed by atoms with van der Waals surface area (Å²) in [4.78, 5) is 12.9. The molecule has 19 heavy (non-hydrogen) atoms. The minimum absolute atomic E-state index is 0.229. The second kappa shape index (κ2) is 6.26. The van der Waals surface area contributed by atoms with Gasteiger partial charge in [0.1, 0.15) is 24.3 Å². The molecule has 102 valence electrons. The highest BCUT2D eigenvalue weighted by molar-refractivity contribution is 5.35. The fraction of sp³-hybridized carbons (Fsp3) is 0.538. The van der Waals surface area contributed by atoms with Gasteiger partial charge in [-0.2, -0.15) is 5.10 Å². The van der Waals surface area contributed by atoms with Crippen molar-refractivity contribution in [3.05, 3.63) is 30.2 Å². The van der Waals surface area contributed by atoms with Crippen LogP contribution in [-0.4, -0.2) is 31.3 Å². The van der Waals surface area contributed by atoms with E-state index in [-0.39, 0.29) is 6.04 Å². The zero-order chi connectivity index (χ0) is 13.7. The fourth-order valence-electron chi connectivity index (χ4n) is 1.85. The van der Waals surface area contributed by atoms with E-state index in [9.17, 15) is 0 Å². The largest absolute Gasteiger partial charge is 0.368 e. The lowest BCUT2D eigenvalue weighted by Gasteiger charge is -2.13. The second-order valence-corrected chi connectivity index (χ2v) is 4.67. The van der Waals surface area contributed by atoms with Crippen LogP contribution in [0.5, 0.6) is 0 Å². The Balaban J connectivity index is 1.99. The maximum absolute atomic E-state index is 4.51. The Morgan fingerprint density at radius 1 is 1.37 bits per heavy atom. The van der Waals surface area contributed by atoms with Crippen molar-refractivity contribution < 1.29 is 0 Å². The van der Waals surface area contributed by atoms with E-state index in [2.05, 4.69) is 39.2 Å². The van der Waals surface area contributed by atoms with E-state index < -0.39 is 0 Å². The summed E-state index contributed by atoms with van der Waals surface area (Å²) in [6.45, 7) is 6.96. The van der Waals surface area contributed by atoms with Crippen molar-refractivity contribution in [2.24, 2.45) is 0 Å².